The van der Waals surface area contributed by atoms with Gasteiger partial charge in [0.2, 0.25) is 10.0 Å². The first-order valence-electron chi connectivity index (χ1n) is 9.76. The molecule has 0 N–H and O–H groups in total. The Morgan fingerprint density at radius 2 is 1.84 bits per heavy atom. The highest BCUT2D eigenvalue weighted by atomic mass is 35.5. The summed E-state index contributed by atoms with van der Waals surface area (Å²) in [7, 11) is -2.52. The minimum atomic E-state index is -3.78. The third-order valence-corrected chi connectivity index (χ3v) is 7.41. The molecule has 1 aliphatic heterocycles. The van der Waals surface area contributed by atoms with Crippen molar-refractivity contribution in [1.29, 1.82) is 0 Å². The molecule has 0 saturated heterocycles. The maximum atomic E-state index is 13.3. The van der Waals surface area contributed by atoms with Crippen LogP contribution in [0.2, 0.25) is 5.02 Å². The van der Waals surface area contributed by atoms with Gasteiger partial charge in [0, 0.05) is 18.0 Å². The maximum Gasteiger partial charge on any atom is 0.324 e. The van der Waals surface area contributed by atoms with E-state index in [9.17, 15) is 13.2 Å². The Kier molecular flexibility index (Phi) is 6.13. The van der Waals surface area contributed by atoms with Crippen molar-refractivity contribution in [1.82, 2.24) is 13.9 Å². The van der Waals surface area contributed by atoms with Gasteiger partial charge in [-0.05, 0) is 23.3 Å². The van der Waals surface area contributed by atoms with E-state index in [4.69, 9.17) is 16.3 Å². The minimum absolute atomic E-state index is 0.0534. The molecule has 0 spiro atoms. The van der Waals surface area contributed by atoms with Crippen LogP contribution in [0.15, 0.2) is 60.9 Å². The fraction of sp³-hybridized carbons (Fsp3) is 0.273. The van der Waals surface area contributed by atoms with Crippen molar-refractivity contribution in [2.45, 2.75) is 31.3 Å². The number of hydrogen-bond donors (Lipinski definition) is 0. The van der Waals surface area contributed by atoms with E-state index in [0.29, 0.717) is 22.8 Å². The first-order chi connectivity index (χ1) is 14.9. The van der Waals surface area contributed by atoms with Crippen molar-refractivity contribution in [3.05, 3.63) is 88.5 Å². The molecule has 0 radical (unpaired) electrons. The largest absolute Gasteiger partial charge is 0.468 e. The average Bonchev–Trinajstić information content (AvgIpc) is 3.16. The molecule has 31 heavy (non-hydrogen) atoms. The molecule has 0 bridgehead atoms. The molecular weight excluding hydrogens is 438 g/mol. The molecule has 9 heteroatoms. The minimum Gasteiger partial charge on any atom is -0.468 e. The summed E-state index contributed by atoms with van der Waals surface area (Å²) in [6.45, 7) is 0.576. The zero-order valence-corrected chi connectivity index (χ0v) is 18.5. The Hall–Kier alpha value is -2.68. The SMILES string of the molecule is COC(=O)[C@@H]1Cc2ncn(Cc3ccc(Cl)cc3)c2CN1S(=O)(=O)Cc1ccccc1. The van der Waals surface area contributed by atoms with Crippen molar-refractivity contribution < 1.29 is 17.9 Å². The molecule has 2 aromatic carbocycles. The van der Waals surface area contributed by atoms with Gasteiger partial charge in [-0.2, -0.15) is 4.31 Å². The number of ether oxygens (including phenoxy) is 1. The fourth-order valence-corrected chi connectivity index (χ4v) is 5.54. The van der Waals surface area contributed by atoms with Crippen LogP contribution < -0.4 is 0 Å². The lowest BCUT2D eigenvalue weighted by atomic mass is 10.1. The number of halogens is 1. The van der Waals surface area contributed by atoms with E-state index < -0.39 is 22.0 Å². The first kappa shape index (κ1) is 21.5. The second kappa shape index (κ2) is 8.82. The van der Waals surface area contributed by atoms with Crippen LogP contribution in [0.1, 0.15) is 22.5 Å². The summed E-state index contributed by atoms with van der Waals surface area (Å²) in [5.41, 5.74) is 3.15. The molecule has 0 fully saturated rings. The van der Waals surface area contributed by atoms with Crippen LogP contribution in [0, 0.1) is 0 Å². The number of nitrogens with zero attached hydrogens (tertiary/aromatic N) is 3. The predicted octanol–water partition coefficient (Wildman–Crippen LogP) is 3.01. The van der Waals surface area contributed by atoms with Gasteiger partial charge in [-0.1, -0.05) is 54.1 Å². The Balaban J connectivity index is 1.66. The third kappa shape index (κ3) is 4.66. The van der Waals surface area contributed by atoms with E-state index in [0.717, 1.165) is 11.3 Å². The normalized spacial score (nSPS) is 16.6. The van der Waals surface area contributed by atoms with Crippen LogP contribution in [-0.4, -0.2) is 41.4 Å². The summed E-state index contributed by atoms with van der Waals surface area (Å²) in [5, 5.41) is 0.649. The first-order valence-corrected chi connectivity index (χ1v) is 11.7. The summed E-state index contributed by atoms with van der Waals surface area (Å²) in [4.78, 5) is 16.9. The highest BCUT2D eigenvalue weighted by Gasteiger charge is 2.41. The number of carbonyl (C=O) groups is 1. The van der Waals surface area contributed by atoms with Crippen LogP contribution in [0.3, 0.4) is 0 Å². The van der Waals surface area contributed by atoms with E-state index in [1.165, 1.54) is 11.4 Å². The van der Waals surface area contributed by atoms with Crippen LogP contribution in [0.25, 0.3) is 0 Å². The monoisotopic (exact) mass is 459 g/mol. The highest BCUT2D eigenvalue weighted by molar-refractivity contribution is 7.88. The van der Waals surface area contributed by atoms with E-state index in [2.05, 4.69) is 4.98 Å². The summed E-state index contributed by atoms with van der Waals surface area (Å²) in [5.74, 6) is -0.781. The fourth-order valence-electron chi connectivity index (χ4n) is 3.76. The van der Waals surface area contributed by atoms with E-state index in [-0.39, 0.29) is 18.7 Å². The zero-order valence-electron chi connectivity index (χ0n) is 16.9. The number of methoxy groups -OCH3 is 1. The number of imidazole rings is 1. The Labute approximate surface area is 186 Å². The van der Waals surface area contributed by atoms with Crippen LogP contribution in [-0.2, 0) is 44.8 Å². The van der Waals surface area contributed by atoms with Gasteiger partial charge in [0.25, 0.3) is 0 Å². The summed E-state index contributed by atoms with van der Waals surface area (Å²) < 4.78 is 34.7. The van der Waals surface area contributed by atoms with Crippen molar-refractivity contribution in [3.63, 3.8) is 0 Å². The van der Waals surface area contributed by atoms with E-state index in [1.807, 2.05) is 34.9 Å². The van der Waals surface area contributed by atoms with Crippen molar-refractivity contribution in [3.8, 4) is 0 Å². The molecule has 2 heterocycles. The number of sulfonamides is 1. The molecule has 7 nitrogen and oxygen atoms in total. The number of hydrogen-bond acceptors (Lipinski definition) is 5. The van der Waals surface area contributed by atoms with Gasteiger partial charge in [0.05, 0.1) is 37.1 Å². The van der Waals surface area contributed by atoms with Gasteiger partial charge in [-0.3, -0.25) is 4.79 Å². The second-order valence-electron chi connectivity index (χ2n) is 7.42. The van der Waals surface area contributed by atoms with Crippen LogP contribution in [0.5, 0.6) is 0 Å². The van der Waals surface area contributed by atoms with Crippen molar-refractivity contribution in [2.75, 3.05) is 7.11 Å². The van der Waals surface area contributed by atoms with Crippen molar-refractivity contribution in [2.24, 2.45) is 0 Å². The Morgan fingerprint density at radius 1 is 1.13 bits per heavy atom. The van der Waals surface area contributed by atoms with Gasteiger partial charge >= 0.3 is 5.97 Å². The summed E-state index contributed by atoms with van der Waals surface area (Å²) >= 11 is 5.97. The third-order valence-electron chi connectivity index (χ3n) is 5.36. The Bertz CT molecular complexity index is 1180. The maximum absolute atomic E-state index is 13.3. The summed E-state index contributed by atoms with van der Waals surface area (Å²) in [6, 6.07) is 15.4. The van der Waals surface area contributed by atoms with Crippen molar-refractivity contribution >= 4 is 27.6 Å². The molecule has 4 rings (SSSR count). The van der Waals surface area contributed by atoms with E-state index >= 15 is 0 Å². The molecular formula is C22H22ClN3O4S. The summed E-state index contributed by atoms with van der Waals surface area (Å²) in [6.07, 6.45) is 1.85. The molecule has 0 aliphatic carbocycles. The van der Waals surface area contributed by atoms with Gasteiger partial charge in [-0.15, -0.1) is 0 Å². The molecule has 0 saturated carbocycles. The number of aromatic nitrogens is 2. The number of benzene rings is 2. The number of esters is 1. The Morgan fingerprint density at radius 3 is 2.52 bits per heavy atom. The van der Waals surface area contributed by atoms with Gasteiger partial charge in [-0.25, -0.2) is 13.4 Å². The molecule has 162 valence electrons. The van der Waals surface area contributed by atoms with Crippen LogP contribution >= 0.6 is 11.6 Å². The smallest absolute Gasteiger partial charge is 0.324 e. The second-order valence-corrected chi connectivity index (χ2v) is 9.78. The molecule has 0 amide bonds. The lowest BCUT2D eigenvalue weighted by Gasteiger charge is -2.33. The number of rotatable bonds is 6. The van der Waals surface area contributed by atoms with Gasteiger partial charge in [0.15, 0.2) is 0 Å². The highest BCUT2D eigenvalue weighted by Crippen LogP contribution is 2.28. The molecule has 1 aliphatic rings. The quantitative estimate of drug-likeness (QED) is 0.529. The molecule has 0 unspecified atom stereocenters. The molecule has 3 aromatic rings. The predicted molar refractivity (Wildman–Crippen MR) is 117 cm³/mol. The topological polar surface area (TPSA) is 81.5 Å². The number of fused-ring (bicyclic) bond motifs is 1. The van der Waals surface area contributed by atoms with Gasteiger partial charge < -0.3 is 9.30 Å². The molecule has 1 atom stereocenters. The lowest BCUT2D eigenvalue weighted by molar-refractivity contribution is -0.145. The standard InChI is InChI=1S/C22H22ClN3O4S/c1-30-22(27)20-11-19-21(25(15-24-19)12-16-7-9-18(23)10-8-16)13-26(20)31(28,29)14-17-5-3-2-4-6-17/h2-10,15,20H,11-14H2,1H3/t20-/m0/s1. The van der Waals surface area contributed by atoms with Crippen LogP contribution in [0.4, 0.5) is 0 Å². The van der Waals surface area contributed by atoms with Gasteiger partial charge in [0.1, 0.15) is 6.04 Å². The zero-order chi connectivity index (χ0) is 22.0. The average molecular weight is 460 g/mol. The van der Waals surface area contributed by atoms with E-state index in [1.54, 1.807) is 30.6 Å². The lowest BCUT2D eigenvalue weighted by Crippen LogP contribution is -2.49. The molecule has 1 aromatic heterocycles. The number of carbonyl (C=O) groups excluding carboxylic acids is 1.